The molecule has 2 atom stereocenters. The molecule has 2 aromatic rings. The van der Waals surface area contributed by atoms with Gasteiger partial charge in [0.05, 0.1) is 0 Å². The van der Waals surface area contributed by atoms with Gasteiger partial charge >= 0.3 is 0 Å². The van der Waals surface area contributed by atoms with Gasteiger partial charge in [-0.15, -0.1) is 0 Å². The highest BCUT2D eigenvalue weighted by atomic mass is 19.1. The van der Waals surface area contributed by atoms with Crippen LogP contribution in [-0.2, 0) is 5.67 Å². The van der Waals surface area contributed by atoms with Crippen LogP contribution in [0, 0.1) is 5.92 Å². The van der Waals surface area contributed by atoms with Crippen molar-refractivity contribution >= 4 is 11.8 Å². The van der Waals surface area contributed by atoms with Crippen LogP contribution in [0.1, 0.15) is 25.0 Å². The highest BCUT2D eigenvalue weighted by molar-refractivity contribution is 5.69. The molecule has 0 heterocycles. The lowest BCUT2D eigenvalue weighted by atomic mass is 9.80. The summed E-state index contributed by atoms with van der Waals surface area (Å²) in [7, 11) is 1.89. The van der Waals surface area contributed by atoms with Crippen LogP contribution < -0.4 is 15.8 Å². The van der Waals surface area contributed by atoms with Crippen LogP contribution in [0.2, 0.25) is 0 Å². The Hall–Kier alpha value is -2.09. The lowest BCUT2D eigenvalue weighted by Gasteiger charge is -2.30. The van der Waals surface area contributed by atoms with E-state index < -0.39 is 5.67 Å². The lowest BCUT2D eigenvalue weighted by molar-refractivity contribution is 0.147. The largest absolute Gasteiger partial charge is 0.387 e. The molecular formula is C19H20FN. The molecule has 0 aromatic heterocycles. The summed E-state index contributed by atoms with van der Waals surface area (Å²) in [6.07, 6.45) is 2.03. The quantitative estimate of drug-likeness (QED) is 0.847. The van der Waals surface area contributed by atoms with Gasteiger partial charge in [0.15, 0.2) is 0 Å². The van der Waals surface area contributed by atoms with Gasteiger partial charge in [0, 0.05) is 29.4 Å². The summed E-state index contributed by atoms with van der Waals surface area (Å²) in [5.41, 5.74) is 1.27. The van der Waals surface area contributed by atoms with Crippen LogP contribution in [0.25, 0.3) is 11.8 Å². The van der Waals surface area contributed by atoms with E-state index >= 15 is 4.39 Å². The molecule has 0 radical (unpaired) electrons. The van der Waals surface area contributed by atoms with Gasteiger partial charge in [-0.05, 0) is 17.7 Å². The van der Waals surface area contributed by atoms with Crippen LogP contribution in [0.3, 0.4) is 0 Å². The number of rotatable bonds is 1. The standard InChI is InChI=1S/C19H20FN/c1-13-12-14-8-4-5-9-15(14)18(21-3)16-10-6-7-11-17(16)19(13,2)20/h4-13,21H,1-3H3/b14-12-,18-15-. The summed E-state index contributed by atoms with van der Waals surface area (Å²) in [6, 6.07) is 15.9. The monoisotopic (exact) mass is 281 g/mol. The number of benzene rings is 2. The van der Waals surface area contributed by atoms with Gasteiger partial charge in [0.1, 0.15) is 5.67 Å². The molecule has 108 valence electrons. The first-order chi connectivity index (χ1) is 10.1. The fourth-order valence-corrected chi connectivity index (χ4v) is 3.08. The molecule has 0 aliphatic heterocycles. The zero-order chi connectivity index (χ0) is 15.0. The van der Waals surface area contributed by atoms with Crippen molar-refractivity contribution in [2.75, 3.05) is 7.05 Å². The van der Waals surface area contributed by atoms with E-state index in [2.05, 4.69) is 11.4 Å². The number of alkyl halides is 1. The van der Waals surface area contributed by atoms with Crippen LogP contribution in [0.15, 0.2) is 48.5 Å². The highest BCUT2D eigenvalue weighted by Crippen LogP contribution is 2.38. The second-order valence-corrected chi connectivity index (χ2v) is 5.79. The Morgan fingerprint density at radius 2 is 1.71 bits per heavy atom. The molecule has 1 N–H and O–H groups in total. The van der Waals surface area contributed by atoms with Gasteiger partial charge in [-0.25, -0.2) is 4.39 Å². The first-order valence-corrected chi connectivity index (χ1v) is 7.33. The Balaban J connectivity index is 2.52. The first-order valence-electron chi connectivity index (χ1n) is 7.33. The van der Waals surface area contributed by atoms with Crippen LogP contribution in [0.5, 0.6) is 0 Å². The maximum absolute atomic E-state index is 15.4. The van der Waals surface area contributed by atoms with Crippen molar-refractivity contribution in [3.8, 4) is 0 Å². The normalized spacial score (nSPS) is 28.4. The summed E-state index contributed by atoms with van der Waals surface area (Å²) in [5.74, 6) is -0.196. The number of hydrogen-bond donors (Lipinski definition) is 1. The Bertz CT molecular complexity index is 789. The van der Waals surface area contributed by atoms with E-state index in [1.807, 2.05) is 62.5 Å². The molecule has 0 saturated heterocycles. The van der Waals surface area contributed by atoms with E-state index in [9.17, 15) is 0 Å². The van der Waals surface area contributed by atoms with Crippen molar-refractivity contribution in [1.29, 1.82) is 0 Å². The molecule has 21 heavy (non-hydrogen) atoms. The van der Waals surface area contributed by atoms with Crippen molar-refractivity contribution in [1.82, 2.24) is 5.32 Å². The number of fused-ring (bicyclic) bond motifs is 2. The van der Waals surface area contributed by atoms with E-state index in [1.165, 1.54) is 0 Å². The van der Waals surface area contributed by atoms with E-state index in [1.54, 1.807) is 6.92 Å². The predicted octanol–water partition coefficient (Wildman–Crippen LogP) is 2.68. The minimum absolute atomic E-state index is 0.196. The Morgan fingerprint density at radius 3 is 2.48 bits per heavy atom. The molecule has 1 aliphatic rings. The molecule has 0 fully saturated rings. The molecule has 1 nitrogen and oxygen atoms in total. The van der Waals surface area contributed by atoms with Gasteiger partial charge in [0.25, 0.3) is 0 Å². The third-order valence-electron chi connectivity index (χ3n) is 4.49. The van der Waals surface area contributed by atoms with Crippen molar-refractivity contribution < 1.29 is 4.39 Å². The van der Waals surface area contributed by atoms with Crippen molar-refractivity contribution in [3.63, 3.8) is 0 Å². The zero-order valence-electron chi connectivity index (χ0n) is 12.7. The molecule has 0 amide bonds. The molecule has 0 spiro atoms. The number of nitrogens with one attached hydrogen (secondary N) is 1. The van der Waals surface area contributed by atoms with E-state index in [0.29, 0.717) is 0 Å². The lowest BCUT2D eigenvalue weighted by Crippen LogP contribution is -2.37. The molecule has 2 aromatic carbocycles. The maximum Gasteiger partial charge on any atom is 0.139 e. The zero-order valence-corrected chi connectivity index (χ0v) is 12.7. The smallest absolute Gasteiger partial charge is 0.139 e. The summed E-state index contributed by atoms with van der Waals surface area (Å²) in [4.78, 5) is 0. The van der Waals surface area contributed by atoms with Crippen LogP contribution in [0.4, 0.5) is 4.39 Å². The van der Waals surface area contributed by atoms with Crippen molar-refractivity contribution in [3.05, 3.63) is 70.1 Å². The van der Waals surface area contributed by atoms with E-state index in [0.717, 1.165) is 27.3 Å². The van der Waals surface area contributed by atoms with Gasteiger partial charge in [-0.3, -0.25) is 0 Å². The first kappa shape index (κ1) is 13.9. The summed E-state index contributed by atoms with van der Waals surface area (Å²) < 4.78 is 15.4. The fourth-order valence-electron chi connectivity index (χ4n) is 3.08. The summed E-state index contributed by atoms with van der Waals surface area (Å²) in [6.45, 7) is 3.62. The van der Waals surface area contributed by atoms with E-state index in [4.69, 9.17) is 0 Å². The summed E-state index contributed by atoms with van der Waals surface area (Å²) >= 11 is 0. The molecule has 0 saturated carbocycles. The SMILES string of the molecule is CN/C1=c2/cccc/c2=C/C(C)C(C)(F)c2ccccc21. The second kappa shape index (κ2) is 5.03. The third-order valence-corrected chi connectivity index (χ3v) is 4.49. The van der Waals surface area contributed by atoms with E-state index in [-0.39, 0.29) is 5.92 Å². The molecule has 0 bridgehead atoms. The van der Waals surface area contributed by atoms with Gasteiger partial charge < -0.3 is 5.32 Å². The van der Waals surface area contributed by atoms with Gasteiger partial charge in [-0.1, -0.05) is 61.5 Å². The molecule has 3 rings (SSSR count). The van der Waals surface area contributed by atoms with Crippen molar-refractivity contribution in [2.24, 2.45) is 5.92 Å². The van der Waals surface area contributed by atoms with Gasteiger partial charge in [-0.2, -0.15) is 0 Å². The molecule has 1 aliphatic carbocycles. The highest BCUT2D eigenvalue weighted by Gasteiger charge is 2.35. The summed E-state index contributed by atoms with van der Waals surface area (Å²) in [5, 5.41) is 5.46. The Kier molecular flexibility index (Phi) is 3.32. The second-order valence-electron chi connectivity index (χ2n) is 5.79. The number of hydrogen-bond acceptors (Lipinski definition) is 1. The molecule has 2 unspecified atom stereocenters. The van der Waals surface area contributed by atoms with Crippen molar-refractivity contribution in [2.45, 2.75) is 19.5 Å². The number of halogens is 1. The maximum atomic E-state index is 15.4. The Labute approximate surface area is 124 Å². The van der Waals surface area contributed by atoms with Gasteiger partial charge in [0.2, 0.25) is 0 Å². The van der Waals surface area contributed by atoms with Crippen LogP contribution >= 0.6 is 0 Å². The minimum Gasteiger partial charge on any atom is -0.387 e. The predicted molar refractivity (Wildman–Crippen MR) is 85.8 cm³/mol. The average Bonchev–Trinajstić information content (AvgIpc) is 2.49. The van der Waals surface area contributed by atoms with Crippen LogP contribution in [-0.4, -0.2) is 7.05 Å². The minimum atomic E-state index is -1.40. The topological polar surface area (TPSA) is 12.0 Å². The molecule has 2 heteroatoms. The Morgan fingerprint density at radius 1 is 1.05 bits per heavy atom. The third kappa shape index (κ3) is 2.15. The average molecular weight is 281 g/mol. The fraction of sp³-hybridized carbons (Fsp3) is 0.263. The molecular weight excluding hydrogens is 261 g/mol.